The first-order valence-electron chi connectivity index (χ1n) is 6.09. The molecule has 0 saturated heterocycles. The summed E-state index contributed by atoms with van der Waals surface area (Å²) >= 11 is 0. The fourth-order valence-electron chi connectivity index (χ4n) is 2.03. The molecule has 3 rings (SSSR count). The van der Waals surface area contributed by atoms with Crippen LogP contribution in [0.3, 0.4) is 0 Å². The van der Waals surface area contributed by atoms with E-state index < -0.39 is 0 Å². The van der Waals surface area contributed by atoms with E-state index in [4.69, 9.17) is 9.47 Å². The van der Waals surface area contributed by atoms with Gasteiger partial charge >= 0.3 is 0 Å². The maximum absolute atomic E-state index is 5.30. The summed E-state index contributed by atoms with van der Waals surface area (Å²) in [6, 6.07) is 5.60. The molecule has 0 N–H and O–H groups in total. The molecule has 2 aromatic heterocycles. The zero-order valence-electron chi connectivity index (χ0n) is 11.5. The fraction of sp³-hybridized carbons (Fsp3) is 0.214. The number of fused-ring (bicyclic) bond motifs is 1. The zero-order valence-corrected chi connectivity index (χ0v) is 11.5. The van der Waals surface area contributed by atoms with Crippen LogP contribution in [0.15, 0.2) is 30.7 Å². The second-order valence-corrected chi connectivity index (χ2v) is 4.33. The fourth-order valence-corrected chi connectivity index (χ4v) is 2.03. The van der Waals surface area contributed by atoms with E-state index in [9.17, 15) is 0 Å². The van der Waals surface area contributed by atoms with Crippen LogP contribution in [0.1, 0.15) is 0 Å². The molecule has 3 aromatic rings. The number of nitrogens with zero attached hydrogens (tertiary/aromatic N) is 4. The molecule has 1 aromatic carbocycles. The molecule has 6 heteroatoms. The Morgan fingerprint density at radius 3 is 2.60 bits per heavy atom. The van der Waals surface area contributed by atoms with E-state index in [2.05, 4.69) is 15.0 Å². The average molecular weight is 270 g/mol. The van der Waals surface area contributed by atoms with E-state index >= 15 is 0 Å². The summed E-state index contributed by atoms with van der Waals surface area (Å²) in [5.41, 5.74) is 2.44. The number of ether oxygens (including phenoxy) is 2. The highest BCUT2D eigenvalue weighted by Gasteiger charge is 2.10. The molecule has 0 aliphatic carbocycles. The van der Waals surface area contributed by atoms with Crippen LogP contribution in [0.2, 0.25) is 0 Å². The Hall–Kier alpha value is -2.63. The summed E-state index contributed by atoms with van der Waals surface area (Å²) in [7, 11) is 5.11. The van der Waals surface area contributed by atoms with Crippen molar-refractivity contribution < 1.29 is 9.47 Å². The average Bonchev–Trinajstić information content (AvgIpc) is 2.87. The lowest BCUT2D eigenvalue weighted by molar-refractivity contribution is 0.355. The Morgan fingerprint density at radius 1 is 1.05 bits per heavy atom. The molecule has 0 radical (unpaired) electrons. The van der Waals surface area contributed by atoms with E-state index in [1.165, 1.54) is 0 Å². The third-order valence-electron chi connectivity index (χ3n) is 3.10. The quantitative estimate of drug-likeness (QED) is 0.729. The molecule has 0 bridgehead atoms. The van der Waals surface area contributed by atoms with Gasteiger partial charge in [-0.15, -0.1) is 0 Å². The van der Waals surface area contributed by atoms with E-state index in [-0.39, 0.29) is 0 Å². The van der Waals surface area contributed by atoms with Crippen molar-refractivity contribution in [2.24, 2.45) is 7.05 Å². The Bertz CT molecular complexity index is 767. The first-order chi connectivity index (χ1) is 9.72. The Balaban J connectivity index is 2.12. The van der Waals surface area contributed by atoms with Crippen LogP contribution in [-0.4, -0.2) is 33.7 Å². The van der Waals surface area contributed by atoms with E-state index in [1.54, 1.807) is 26.7 Å². The lowest BCUT2D eigenvalue weighted by atomic mass is 10.2. The van der Waals surface area contributed by atoms with Crippen LogP contribution in [0.25, 0.3) is 22.6 Å². The summed E-state index contributed by atoms with van der Waals surface area (Å²) in [5, 5.41) is 0. The van der Waals surface area contributed by atoms with Gasteiger partial charge in [-0.05, 0) is 18.2 Å². The minimum absolute atomic E-state index is 0.627. The van der Waals surface area contributed by atoms with Gasteiger partial charge in [0.1, 0.15) is 5.52 Å². The first kappa shape index (κ1) is 12.4. The smallest absolute Gasteiger partial charge is 0.163 e. The Kier molecular flexibility index (Phi) is 2.98. The molecule has 102 valence electrons. The molecule has 0 fully saturated rings. The lowest BCUT2D eigenvalue weighted by Gasteiger charge is -2.08. The van der Waals surface area contributed by atoms with Crippen LogP contribution in [0.5, 0.6) is 11.5 Å². The zero-order chi connectivity index (χ0) is 14.1. The highest BCUT2D eigenvalue weighted by molar-refractivity contribution is 5.73. The molecule has 0 aliphatic rings. The molecule has 0 amide bonds. The summed E-state index contributed by atoms with van der Waals surface area (Å²) in [4.78, 5) is 13.1. The number of hydrogen-bond acceptors (Lipinski definition) is 5. The van der Waals surface area contributed by atoms with Gasteiger partial charge < -0.3 is 14.0 Å². The van der Waals surface area contributed by atoms with E-state index in [0.29, 0.717) is 17.3 Å². The Labute approximate surface area is 116 Å². The van der Waals surface area contributed by atoms with Gasteiger partial charge in [0.15, 0.2) is 23.0 Å². The van der Waals surface area contributed by atoms with Crippen LogP contribution in [0.4, 0.5) is 0 Å². The lowest BCUT2D eigenvalue weighted by Crippen LogP contribution is -1.95. The second-order valence-electron chi connectivity index (χ2n) is 4.33. The maximum Gasteiger partial charge on any atom is 0.163 e. The highest BCUT2D eigenvalue weighted by Crippen LogP contribution is 2.31. The topological polar surface area (TPSA) is 62.1 Å². The van der Waals surface area contributed by atoms with Crippen molar-refractivity contribution in [1.29, 1.82) is 0 Å². The number of methoxy groups -OCH3 is 2. The van der Waals surface area contributed by atoms with Crippen molar-refractivity contribution in [3.05, 3.63) is 30.7 Å². The van der Waals surface area contributed by atoms with Crippen LogP contribution in [0, 0.1) is 0 Å². The van der Waals surface area contributed by atoms with Gasteiger partial charge in [-0.25, -0.2) is 15.0 Å². The van der Waals surface area contributed by atoms with Crippen molar-refractivity contribution in [2.75, 3.05) is 14.2 Å². The second kappa shape index (κ2) is 4.80. The van der Waals surface area contributed by atoms with Crippen molar-refractivity contribution in [3.8, 4) is 22.9 Å². The largest absolute Gasteiger partial charge is 0.493 e. The predicted octanol–water partition coefficient (Wildman–Crippen LogP) is 2.05. The highest BCUT2D eigenvalue weighted by atomic mass is 16.5. The summed E-state index contributed by atoms with van der Waals surface area (Å²) in [5.74, 6) is 1.96. The summed E-state index contributed by atoms with van der Waals surface area (Å²) in [6.45, 7) is 0. The van der Waals surface area contributed by atoms with Gasteiger partial charge in [0.25, 0.3) is 0 Å². The molecule has 6 nitrogen and oxygen atoms in total. The molecule has 0 atom stereocenters. The third kappa shape index (κ3) is 1.95. The van der Waals surface area contributed by atoms with Crippen LogP contribution >= 0.6 is 0 Å². The standard InChI is InChI=1S/C14H14N4O2/c1-18-8-16-10-7-15-13(17-14(10)18)9-4-5-11(19-2)12(6-9)20-3/h4-8H,1-3H3. The van der Waals surface area contributed by atoms with E-state index in [0.717, 1.165) is 16.7 Å². The SMILES string of the molecule is COc1ccc(-c2ncc3ncn(C)c3n2)cc1OC. The van der Waals surface area contributed by atoms with Gasteiger partial charge in [0.2, 0.25) is 0 Å². The number of rotatable bonds is 3. The number of aryl methyl sites for hydroxylation is 1. The molecular formula is C14H14N4O2. The number of imidazole rings is 1. The van der Waals surface area contributed by atoms with Crippen molar-refractivity contribution in [2.45, 2.75) is 0 Å². The molecule has 0 spiro atoms. The Morgan fingerprint density at radius 2 is 1.85 bits per heavy atom. The maximum atomic E-state index is 5.30. The summed E-state index contributed by atoms with van der Waals surface area (Å²) in [6.07, 6.45) is 3.44. The molecule has 0 aliphatic heterocycles. The van der Waals surface area contributed by atoms with Crippen LogP contribution < -0.4 is 9.47 Å². The number of benzene rings is 1. The van der Waals surface area contributed by atoms with Crippen molar-refractivity contribution >= 4 is 11.2 Å². The number of aromatic nitrogens is 4. The third-order valence-corrected chi connectivity index (χ3v) is 3.10. The molecular weight excluding hydrogens is 256 g/mol. The first-order valence-corrected chi connectivity index (χ1v) is 6.09. The predicted molar refractivity (Wildman–Crippen MR) is 74.8 cm³/mol. The van der Waals surface area contributed by atoms with Crippen LogP contribution in [-0.2, 0) is 7.05 Å². The minimum atomic E-state index is 0.627. The minimum Gasteiger partial charge on any atom is -0.493 e. The summed E-state index contributed by atoms with van der Waals surface area (Å²) < 4.78 is 12.4. The van der Waals surface area contributed by atoms with Gasteiger partial charge in [0, 0.05) is 12.6 Å². The molecule has 0 unspecified atom stereocenters. The van der Waals surface area contributed by atoms with Gasteiger partial charge in [-0.3, -0.25) is 0 Å². The molecule has 20 heavy (non-hydrogen) atoms. The molecule has 2 heterocycles. The van der Waals surface area contributed by atoms with Crippen molar-refractivity contribution in [3.63, 3.8) is 0 Å². The van der Waals surface area contributed by atoms with Gasteiger partial charge in [-0.1, -0.05) is 0 Å². The van der Waals surface area contributed by atoms with E-state index in [1.807, 2.05) is 29.8 Å². The van der Waals surface area contributed by atoms with Crippen molar-refractivity contribution in [1.82, 2.24) is 19.5 Å². The van der Waals surface area contributed by atoms with Gasteiger partial charge in [0.05, 0.1) is 26.7 Å². The molecule has 0 saturated carbocycles. The number of hydrogen-bond donors (Lipinski definition) is 0. The monoisotopic (exact) mass is 270 g/mol. The normalized spacial score (nSPS) is 10.8. The van der Waals surface area contributed by atoms with Gasteiger partial charge in [-0.2, -0.15) is 0 Å².